The van der Waals surface area contributed by atoms with Gasteiger partial charge in [-0.05, 0) is 94.2 Å². The summed E-state index contributed by atoms with van der Waals surface area (Å²) in [7, 11) is 1.67. The second-order valence-corrected chi connectivity index (χ2v) is 12.6. The highest BCUT2D eigenvalue weighted by Gasteiger charge is 2.42. The first-order valence-electron chi connectivity index (χ1n) is 13.9. The van der Waals surface area contributed by atoms with Crippen molar-refractivity contribution in [3.8, 4) is 5.75 Å². The van der Waals surface area contributed by atoms with Crippen molar-refractivity contribution in [3.05, 3.63) is 64.2 Å². The topological polar surface area (TPSA) is 87.1 Å². The Morgan fingerprint density at radius 2 is 1.43 bits per heavy atom. The van der Waals surface area contributed by atoms with Crippen molar-refractivity contribution in [2.45, 2.75) is 112 Å². The molecule has 0 aliphatic rings. The third-order valence-corrected chi connectivity index (χ3v) is 9.02. The highest BCUT2D eigenvalue weighted by Crippen LogP contribution is 2.42. The van der Waals surface area contributed by atoms with Crippen LogP contribution in [0.25, 0.3) is 0 Å². The minimum atomic E-state index is -1.000. The molecule has 0 aliphatic heterocycles. The van der Waals surface area contributed by atoms with E-state index >= 15 is 0 Å². The number of hydrogen-bond donors (Lipinski definition) is 2. The van der Waals surface area contributed by atoms with Gasteiger partial charge in [0.1, 0.15) is 46.7 Å². The van der Waals surface area contributed by atoms with E-state index in [1.165, 1.54) is 10.5 Å². The third-order valence-electron chi connectivity index (χ3n) is 9.02. The molecule has 0 saturated heterocycles. The number of halogens is 1. The fourth-order valence-electron chi connectivity index (χ4n) is 4.95. The van der Waals surface area contributed by atoms with Gasteiger partial charge < -0.3 is 23.0 Å². The normalized spacial score (nSPS) is 14.4. The molecule has 40 heavy (non-hydrogen) atoms. The summed E-state index contributed by atoms with van der Waals surface area (Å²) in [5.74, 6) is 0.604. The summed E-state index contributed by atoms with van der Waals surface area (Å²) in [6.45, 7) is 21.7. The lowest BCUT2D eigenvalue weighted by molar-refractivity contribution is -0.115. The number of benzene rings is 2. The molecular weight excluding hydrogens is 617 g/mol. The number of ether oxygens (including phenoxy) is 1. The summed E-state index contributed by atoms with van der Waals surface area (Å²) in [5.41, 5.74) is 2.43. The molecule has 0 radical (unpaired) electrons. The number of carbonyl (C=O) groups excluding carboxylic acids is 2. The lowest BCUT2D eigenvalue weighted by atomic mass is 9.69. The third kappa shape index (κ3) is 7.26. The summed E-state index contributed by atoms with van der Waals surface area (Å²) < 4.78 is 13.3. The predicted octanol–water partition coefficient (Wildman–Crippen LogP) is 7.35. The molecule has 2 atom stereocenters. The largest absolute Gasteiger partial charge is 0.487 e. The highest BCUT2D eigenvalue weighted by molar-refractivity contribution is 14.1. The average molecular weight is 668 g/mol. The van der Waals surface area contributed by atoms with Gasteiger partial charge in [0.15, 0.2) is 0 Å². The van der Waals surface area contributed by atoms with Crippen LogP contribution < -0.4 is 4.74 Å². The van der Waals surface area contributed by atoms with Gasteiger partial charge in [-0.15, -0.1) is 0 Å². The van der Waals surface area contributed by atoms with Gasteiger partial charge in [0, 0.05) is 18.0 Å². The van der Waals surface area contributed by atoms with Gasteiger partial charge in [-0.25, -0.2) is 0 Å². The van der Waals surface area contributed by atoms with Crippen LogP contribution in [0.5, 0.6) is 5.75 Å². The molecule has 0 fully saturated rings. The van der Waals surface area contributed by atoms with E-state index < -0.39 is 11.1 Å². The minimum Gasteiger partial charge on any atom is -0.487 e. The van der Waals surface area contributed by atoms with E-state index in [-0.39, 0.29) is 22.8 Å². The van der Waals surface area contributed by atoms with Gasteiger partial charge in [0.05, 0.1) is 5.54 Å². The van der Waals surface area contributed by atoms with Crippen molar-refractivity contribution >= 4 is 35.2 Å². The minimum absolute atomic E-state index is 0.164. The first-order chi connectivity index (χ1) is 18.4. The standard InChI is InChI=1S/C33H49NO4.HIO/c1-13-33(14-2,25-15-17-27(22(3)19-25)29(36)34(12)31(9,10)21-35)26-16-18-28(23(4)20-26)38-24(5)32(11,37)30(6,7)8;1-2/h15-21,24,37H,13-14H2,1-12H3;2H. The van der Waals surface area contributed by atoms with Crippen molar-refractivity contribution in [1.82, 2.24) is 4.90 Å². The Balaban J connectivity index is 0.00000391. The molecule has 7 heteroatoms. The second-order valence-electron chi connectivity index (χ2n) is 12.6. The van der Waals surface area contributed by atoms with Crippen LogP contribution in [0.2, 0.25) is 0 Å². The van der Waals surface area contributed by atoms with E-state index in [1.54, 1.807) is 20.9 Å². The lowest BCUT2D eigenvalue weighted by Gasteiger charge is -2.41. The first kappa shape index (κ1) is 36.1. The number of likely N-dealkylation sites (N-methyl/N-ethyl adjacent to an activating group) is 1. The molecular formula is C33H50INO5. The molecule has 0 heterocycles. The van der Waals surface area contributed by atoms with Crippen molar-refractivity contribution in [2.24, 2.45) is 5.41 Å². The molecule has 6 nitrogen and oxygen atoms in total. The summed E-state index contributed by atoms with van der Waals surface area (Å²) in [6.07, 6.45) is 2.20. The Bertz CT molecular complexity index is 1160. The Labute approximate surface area is 256 Å². The van der Waals surface area contributed by atoms with Crippen LogP contribution >= 0.6 is 23.0 Å². The molecule has 0 aromatic heterocycles. The number of hydrogen-bond acceptors (Lipinski definition) is 5. The molecule has 0 spiro atoms. The Morgan fingerprint density at radius 1 is 0.950 bits per heavy atom. The number of aliphatic hydroxyl groups is 1. The van der Waals surface area contributed by atoms with Crippen molar-refractivity contribution in [2.75, 3.05) is 7.05 Å². The summed E-state index contributed by atoms with van der Waals surface area (Å²) in [5, 5.41) is 11.1. The second kappa shape index (κ2) is 13.8. The SMILES string of the molecule is CCC(CC)(c1ccc(OC(C)C(C)(O)C(C)(C)C)c(C)c1)c1ccc(C(=O)N(C)C(C)(C)C=O)c(C)c1.OI. The van der Waals surface area contributed by atoms with Crippen LogP contribution in [0.15, 0.2) is 36.4 Å². The number of carbonyl (C=O) groups is 2. The molecule has 0 bridgehead atoms. The zero-order valence-electron chi connectivity index (χ0n) is 26.5. The van der Waals surface area contributed by atoms with Crippen LogP contribution in [-0.4, -0.2) is 49.9 Å². The van der Waals surface area contributed by atoms with E-state index in [9.17, 15) is 14.7 Å². The molecule has 2 N–H and O–H groups in total. The van der Waals surface area contributed by atoms with Crippen LogP contribution in [0, 0.1) is 19.3 Å². The highest BCUT2D eigenvalue weighted by atomic mass is 127. The van der Waals surface area contributed by atoms with Gasteiger partial charge in [-0.2, -0.15) is 0 Å². The molecule has 2 unspecified atom stereocenters. The van der Waals surface area contributed by atoms with E-state index in [2.05, 4.69) is 38.1 Å². The fourth-order valence-corrected chi connectivity index (χ4v) is 4.95. The molecule has 0 saturated carbocycles. The number of rotatable bonds is 10. The number of aryl methyl sites for hydroxylation is 2. The van der Waals surface area contributed by atoms with Gasteiger partial charge in [-0.1, -0.05) is 58.9 Å². The van der Waals surface area contributed by atoms with Crippen molar-refractivity contribution in [3.63, 3.8) is 0 Å². The van der Waals surface area contributed by atoms with E-state index in [0.717, 1.165) is 64.6 Å². The molecule has 1 amide bonds. The summed E-state index contributed by atoms with van der Waals surface area (Å²) in [4.78, 5) is 26.2. The van der Waals surface area contributed by atoms with Gasteiger partial charge in [0.25, 0.3) is 5.91 Å². The number of amides is 1. The zero-order chi connectivity index (χ0) is 31.3. The molecule has 224 valence electrons. The molecule has 2 aromatic rings. The Morgan fingerprint density at radius 3 is 1.82 bits per heavy atom. The quantitative estimate of drug-likeness (QED) is 0.205. The predicted molar refractivity (Wildman–Crippen MR) is 172 cm³/mol. The number of aldehydes is 1. The van der Waals surface area contributed by atoms with Crippen LogP contribution in [0.4, 0.5) is 0 Å². The van der Waals surface area contributed by atoms with E-state index in [4.69, 9.17) is 8.17 Å². The Hall–Kier alpha value is -1.97. The van der Waals surface area contributed by atoms with Crippen molar-refractivity contribution < 1.29 is 22.9 Å². The van der Waals surface area contributed by atoms with Gasteiger partial charge >= 0.3 is 0 Å². The average Bonchev–Trinajstić information content (AvgIpc) is 2.90. The van der Waals surface area contributed by atoms with E-state index in [0.29, 0.717) is 5.56 Å². The summed E-state index contributed by atoms with van der Waals surface area (Å²) >= 11 is 1.15. The fraction of sp³-hybridized carbons (Fsp3) is 0.576. The van der Waals surface area contributed by atoms with Crippen LogP contribution in [0.1, 0.15) is 108 Å². The van der Waals surface area contributed by atoms with Crippen molar-refractivity contribution in [1.29, 1.82) is 0 Å². The first-order valence-corrected chi connectivity index (χ1v) is 14.9. The molecule has 0 aliphatic carbocycles. The van der Waals surface area contributed by atoms with Crippen LogP contribution in [0.3, 0.4) is 0 Å². The number of nitrogens with zero attached hydrogens (tertiary/aromatic N) is 1. The monoisotopic (exact) mass is 667 g/mol. The smallest absolute Gasteiger partial charge is 0.254 e. The maximum Gasteiger partial charge on any atom is 0.254 e. The summed E-state index contributed by atoms with van der Waals surface area (Å²) in [6, 6.07) is 12.4. The maximum absolute atomic E-state index is 13.2. The zero-order valence-corrected chi connectivity index (χ0v) is 28.6. The Kier molecular flexibility index (Phi) is 12.4. The van der Waals surface area contributed by atoms with Crippen LogP contribution in [-0.2, 0) is 10.2 Å². The maximum atomic E-state index is 13.2. The van der Waals surface area contributed by atoms with Gasteiger partial charge in [-0.3, -0.25) is 4.79 Å². The molecule has 2 aromatic carbocycles. The van der Waals surface area contributed by atoms with Gasteiger partial charge in [0.2, 0.25) is 0 Å². The molecule has 2 rings (SSSR count). The lowest BCUT2D eigenvalue weighted by Crippen LogP contribution is -2.51. The van der Waals surface area contributed by atoms with E-state index in [1.807, 2.05) is 60.6 Å².